The molecule has 4 amide bonds. The van der Waals surface area contributed by atoms with Gasteiger partial charge in [-0.15, -0.1) is 11.8 Å². The van der Waals surface area contributed by atoms with Crippen molar-refractivity contribution in [1.82, 2.24) is 25.3 Å². The van der Waals surface area contributed by atoms with Crippen LogP contribution in [0.1, 0.15) is 36.6 Å². The van der Waals surface area contributed by atoms with E-state index in [1.807, 2.05) is 36.1 Å². The number of nitrogens with one attached hydrogen (secondary N) is 2. The molecule has 168 valence electrons. The van der Waals surface area contributed by atoms with E-state index in [1.54, 1.807) is 11.9 Å². The predicted octanol–water partition coefficient (Wildman–Crippen LogP) is 1.72. The number of rotatable bonds is 4. The fourth-order valence-electron chi connectivity index (χ4n) is 4.68. The highest BCUT2D eigenvalue weighted by Crippen LogP contribution is 2.35. The molecule has 0 radical (unpaired) electrons. The van der Waals surface area contributed by atoms with Crippen LogP contribution in [0, 0.1) is 12.8 Å². The average molecular weight is 446 g/mol. The van der Waals surface area contributed by atoms with Gasteiger partial charge < -0.3 is 9.80 Å². The average Bonchev–Trinajstić information content (AvgIpc) is 2.80. The van der Waals surface area contributed by atoms with E-state index in [-0.39, 0.29) is 29.4 Å². The molecule has 4 unspecified atom stereocenters. The minimum Gasteiger partial charge on any atom is -0.342 e. The van der Waals surface area contributed by atoms with Crippen LogP contribution in [0.2, 0.25) is 0 Å². The number of hydrogen-bond donors (Lipinski definition) is 2. The summed E-state index contributed by atoms with van der Waals surface area (Å²) in [7, 11) is 3.24. The van der Waals surface area contributed by atoms with E-state index in [1.165, 1.54) is 30.1 Å². The largest absolute Gasteiger partial charge is 0.342 e. The predicted molar refractivity (Wildman–Crippen MR) is 120 cm³/mol. The Morgan fingerprint density at radius 3 is 2.52 bits per heavy atom. The third kappa shape index (κ3) is 4.31. The van der Waals surface area contributed by atoms with Gasteiger partial charge in [0.1, 0.15) is 0 Å². The summed E-state index contributed by atoms with van der Waals surface area (Å²) in [6.07, 6.45) is 2.62. The molecule has 0 aliphatic carbocycles. The Balaban J connectivity index is 1.57. The van der Waals surface area contributed by atoms with Crippen molar-refractivity contribution in [2.75, 3.05) is 32.9 Å². The van der Waals surface area contributed by atoms with Gasteiger partial charge >= 0.3 is 6.03 Å². The molecule has 4 atom stereocenters. The molecular formula is C22H31N5O3S. The number of urea groups is 1. The Kier molecular flexibility index (Phi) is 6.55. The lowest BCUT2D eigenvalue weighted by Gasteiger charge is -2.50. The van der Waals surface area contributed by atoms with Crippen LogP contribution in [0.4, 0.5) is 4.79 Å². The second-order valence-electron chi connectivity index (χ2n) is 8.56. The van der Waals surface area contributed by atoms with E-state index in [0.717, 1.165) is 37.1 Å². The highest BCUT2D eigenvalue weighted by Gasteiger charge is 2.51. The van der Waals surface area contributed by atoms with Crippen molar-refractivity contribution in [3.05, 3.63) is 35.4 Å². The molecule has 4 rings (SSSR count). The van der Waals surface area contributed by atoms with E-state index < -0.39 is 12.1 Å². The molecule has 8 nitrogen and oxygen atoms in total. The molecule has 1 aromatic rings. The number of aryl methyl sites for hydroxylation is 1. The normalized spacial score (nSPS) is 29.2. The lowest BCUT2D eigenvalue weighted by Crippen LogP contribution is -2.72. The topological polar surface area (TPSA) is 85.0 Å². The summed E-state index contributed by atoms with van der Waals surface area (Å²) in [6, 6.07) is 7.73. The smallest absolute Gasteiger partial charge is 0.327 e. The highest BCUT2D eigenvalue weighted by molar-refractivity contribution is 8.00. The van der Waals surface area contributed by atoms with Crippen LogP contribution in [0.3, 0.4) is 0 Å². The number of piperidine rings is 1. The molecule has 3 aliphatic heterocycles. The van der Waals surface area contributed by atoms with Crippen LogP contribution < -0.4 is 10.6 Å². The molecule has 9 heteroatoms. The summed E-state index contributed by atoms with van der Waals surface area (Å²) in [6.45, 7) is 3.67. The molecule has 3 aliphatic rings. The van der Waals surface area contributed by atoms with Gasteiger partial charge in [0.05, 0.1) is 29.4 Å². The lowest BCUT2D eigenvalue weighted by atomic mass is 9.95. The van der Waals surface area contributed by atoms with Crippen molar-refractivity contribution in [1.29, 1.82) is 0 Å². The van der Waals surface area contributed by atoms with Gasteiger partial charge in [0.15, 0.2) is 0 Å². The van der Waals surface area contributed by atoms with Gasteiger partial charge in [0.25, 0.3) is 0 Å². The first kappa shape index (κ1) is 22.1. The number of thioether (sulfide) groups is 1. The number of amides is 4. The summed E-state index contributed by atoms with van der Waals surface area (Å²) >= 11 is 1.47. The SMILES string of the molecule is Cc1ccccc1C1NC(SCC(=O)N2CCCCC2)C2C(=O)N(C)C(=O)N(C)C2N1. The van der Waals surface area contributed by atoms with Gasteiger partial charge in [-0.25, -0.2) is 4.79 Å². The van der Waals surface area contributed by atoms with E-state index in [9.17, 15) is 14.4 Å². The monoisotopic (exact) mass is 445 g/mol. The third-order valence-electron chi connectivity index (χ3n) is 6.55. The zero-order chi connectivity index (χ0) is 22.1. The van der Waals surface area contributed by atoms with E-state index >= 15 is 0 Å². The zero-order valence-corrected chi connectivity index (χ0v) is 19.2. The molecule has 0 bridgehead atoms. The van der Waals surface area contributed by atoms with Gasteiger partial charge in [-0.05, 0) is 37.3 Å². The maximum atomic E-state index is 13.1. The van der Waals surface area contributed by atoms with Gasteiger partial charge in [-0.2, -0.15) is 0 Å². The third-order valence-corrected chi connectivity index (χ3v) is 7.75. The van der Waals surface area contributed by atoms with Gasteiger partial charge in [0, 0.05) is 27.2 Å². The summed E-state index contributed by atoms with van der Waals surface area (Å²) in [4.78, 5) is 43.1. The zero-order valence-electron chi connectivity index (χ0n) is 18.3. The Hall–Kier alpha value is -2.10. The van der Waals surface area contributed by atoms with E-state index in [2.05, 4.69) is 10.6 Å². The van der Waals surface area contributed by atoms with Crippen molar-refractivity contribution in [2.45, 2.75) is 43.9 Å². The molecule has 0 aromatic heterocycles. The number of fused-ring (bicyclic) bond motifs is 1. The van der Waals surface area contributed by atoms with Crippen LogP contribution in [-0.2, 0) is 9.59 Å². The molecule has 0 saturated carbocycles. The molecule has 0 spiro atoms. The lowest BCUT2D eigenvalue weighted by molar-refractivity contribution is -0.140. The maximum absolute atomic E-state index is 13.1. The van der Waals surface area contributed by atoms with Gasteiger partial charge in [-0.1, -0.05) is 24.3 Å². The summed E-state index contributed by atoms with van der Waals surface area (Å²) in [5, 5.41) is 6.72. The van der Waals surface area contributed by atoms with Crippen molar-refractivity contribution in [3.63, 3.8) is 0 Å². The first-order valence-corrected chi connectivity index (χ1v) is 11.9. The van der Waals surface area contributed by atoms with Crippen LogP contribution in [0.5, 0.6) is 0 Å². The molecule has 3 heterocycles. The van der Waals surface area contributed by atoms with E-state index in [0.29, 0.717) is 5.75 Å². The highest BCUT2D eigenvalue weighted by atomic mass is 32.2. The first-order valence-electron chi connectivity index (χ1n) is 10.9. The maximum Gasteiger partial charge on any atom is 0.327 e. The number of imide groups is 1. The Bertz CT molecular complexity index is 859. The number of nitrogens with zero attached hydrogens (tertiary/aromatic N) is 3. The second kappa shape index (κ2) is 9.18. The number of likely N-dealkylation sites (tertiary alicyclic amines) is 1. The summed E-state index contributed by atoms with van der Waals surface area (Å²) in [5.74, 6) is -0.266. The van der Waals surface area contributed by atoms with Crippen LogP contribution >= 0.6 is 11.8 Å². The standard InChI is InChI=1S/C22H31N5O3S/c1-14-9-5-6-10-15(14)18-23-19-17(21(29)26(3)22(30)25(19)2)20(24-18)31-13-16(28)27-11-7-4-8-12-27/h5-6,9-10,17-20,23-24H,4,7-8,11-13H2,1-3H3. The van der Waals surface area contributed by atoms with Crippen LogP contribution in [-0.4, -0.2) is 77.0 Å². The molecular weight excluding hydrogens is 414 g/mol. The molecule has 2 N–H and O–H groups in total. The van der Waals surface area contributed by atoms with Crippen molar-refractivity contribution >= 4 is 29.6 Å². The number of hydrogen-bond acceptors (Lipinski definition) is 6. The quantitative estimate of drug-likeness (QED) is 0.734. The fourth-order valence-corrected chi connectivity index (χ4v) is 5.89. The van der Waals surface area contributed by atoms with Crippen molar-refractivity contribution in [3.8, 4) is 0 Å². The fraction of sp³-hybridized carbons (Fsp3) is 0.591. The Labute approximate surface area is 187 Å². The Morgan fingerprint density at radius 2 is 1.81 bits per heavy atom. The molecule has 3 saturated heterocycles. The number of benzene rings is 1. The second-order valence-corrected chi connectivity index (χ2v) is 9.69. The van der Waals surface area contributed by atoms with Gasteiger partial charge in [0.2, 0.25) is 11.8 Å². The van der Waals surface area contributed by atoms with Crippen molar-refractivity contribution in [2.24, 2.45) is 5.92 Å². The minimum absolute atomic E-state index is 0.120. The first-order chi connectivity index (χ1) is 14.9. The Morgan fingerprint density at radius 1 is 1.10 bits per heavy atom. The number of carbonyl (C=O) groups is 3. The number of carbonyl (C=O) groups excluding carboxylic acids is 3. The van der Waals surface area contributed by atoms with Crippen molar-refractivity contribution < 1.29 is 14.4 Å². The summed E-state index contributed by atoms with van der Waals surface area (Å²) < 4.78 is 0. The van der Waals surface area contributed by atoms with Crippen LogP contribution in [0.15, 0.2) is 24.3 Å². The van der Waals surface area contributed by atoms with E-state index in [4.69, 9.17) is 0 Å². The molecule has 31 heavy (non-hydrogen) atoms. The van der Waals surface area contributed by atoms with Gasteiger partial charge in [-0.3, -0.25) is 25.1 Å². The molecule has 1 aromatic carbocycles. The van der Waals surface area contributed by atoms with Crippen LogP contribution in [0.25, 0.3) is 0 Å². The summed E-state index contributed by atoms with van der Waals surface area (Å²) in [5.41, 5.74) is 2.19. The molecule has 3 fully saturated rings. The minimum atomic E-state index is -0.480.